The smallest absolute Gasteiger partial charge is 0.238 e. The number of amides is 1. The largest absolute Gasteiger partial charge is 0.322 e. The minimum Gasteiger partial charge on any atom is -0.322 e. The van der Waals surface area contributed by atoms with E-state index in [9.17, 15) is 4.79 Å². The molecule has 2 rings (SSSR count). The Bertz CT molecular complexity index is 686. The van der Waals surface area contributed by atoms with Gasteiger partial charge in [0.05, 0.1) is 22.3 Å². The Labute approximate surface area is 154 Å². The molecule has 2 aromatic rings. The van der Waals surface area contributed by atoms with Crippen LogP contribution in [-0.4, -0.2) is 19.0 Å². The maximum atomic E-state index is 11.9. The van der Waals surface area contributed by atoms with Crippen LogP contribution in [0.15, 0.2) is 36.4 Å². The van der Waals surface area contributed by atoms with Crippen LogP contribution < -0.4 is 10.6 Å². The Hall–Kier alpha value is -0.970. The van der Waals surface area contributed by atoms with E-state index in [0.717, 1.165) is 5.56 Å². The lowest BCUT2D eigenvalue weighted by Crippen LogP contribution is -2.29. The van der Waals surface area contributed by atoms with Crippen LogP contribution in [0.1, 0.15) is 5.56 Å². The standard InChI is InChI=1S/C16H14Cl4N2O/c17-11-5-4-10(14(20)8-11)6-7-21-9-15(23)22-16-12(18)2-1-3-13(16)19/h1-5,8,21H,6-7,9H2,(H,22,23). The molecule has 0 radical (unpaired) electrons. The number of hydrogen-bond acceptors (Lipinski definition) is 2. The first-order valence-corrected chi connectivity index (χ1v) is 8.37. The van der Waals surface area contributed by atoms with Crippen molar-refractivity contribution < 1.29 is 4.79 Å². The molecule has 2 N–H and O–H groups in total. The van der Waals surface area contributed by atoms with Crippen molar-refractivity contribution in [3.63, 3.8) is 0 Å². The fraction of sp³-hybridized carbons (Fsp3) is 0.188. The van der Waals surface area contributed by atoms with Gasteiger partial charge in [0, 0.05) is 10.0 Å². The van der Waals surface area contributed by atoms with Crippen molar-refractivity contribution in [1.29, 1.82) is 0 Å². The van der Waals surface area contributed by atoms with E-state index in [0.29, 0.717) is 38.7 Å². The highest BCUT2D eigenvalue weighted by Crippen LogP contribution is 2.29. The zero-order valence-corrected chi connectivity index (χ0v) is 15.0. The van der Waals surface area contributed by atoms with Crippen molar-refractivity contribution in [3.05, 3.63) is 62.1 Å². The summed E-state index contributed by atoms with van der Waals surface area (Å²) in [4.78, 5) is 11.9. The summed E-state index contributed by atoms with van der Waals surface area (Å²) in [5.41, 5.74) is 1.39. The molecular weight excluding hydrogens is 378 g/mol. The first kappa shape index (κ1) is 18.4. The van der Waals surface area contributed by atoms with E-state index >= 15 is 0 Å². The monoisotopic (exact) mass is 390 g/mol. The van der Waals surface area contributed by atoms with Gasteiger partial charge in [-0.3, -0.25) is 4.79 Å². The van der Waals surface area contributed by atoms with E-state index < -0.39 is 0 Å². The quantitative estimate of drug-likeness (QED) is 0.674. The van der Waals surface area contributed by atoms with Gasteiger partial charge in [0.25, 0.3) is 0 Å². The number of hydrogen-bond donors (Lipinski definition) is 2. The van der Waals surface area contributed by atoms with Crippen molar-refractivity contribution in [1.82, 2.24) is 5.32 Å². The molecule has 0 aliphatic heterocycles. The number of carbonyl (C=O) groups excluding carboxylic acids is 1. The molecule has 0 unspecified atom stereocenters. The minimum atomic E-state index is -0.220. The molecule has 0 heterocycles. The van der Waals surface area contributed by atoms with E-state index in [-0.39, 0.29) is 12.5 Å². The van der Waals surface area contributed by atoms with E-state index in [4.69, 9.17) is 46.4 Å². The summed E-state index contributed by atoms with van der Waals surface area (Å²) in [6, 6.07) is 10.4. The first-order valence-electron chi connectivity index (χ1n) is 6.86. The van der Waals surface area contributed by atoms with Gasteiger partial charge in [-0.1, -0.05) is 58.5 Å². The van der Waals surface area contributed by atoms with Gasteiger partial charge in [-0.05, 0) is 42.8 Å². The minimum absolute atomic E-state index is 0.146. The number of anilines is 1. The summed E-state index contributed by atoms with van der Waals surface area (Å²) in [5, 5.41) is 7.75. The predicted octanol–water partition coefficient (Wildman–Crippen LogP) is 5.07. The summed E-state index contributed by atoms with van der Waals surface area (Å²) in [6.45, 7) is 0.748. The van der Waals surface area contributed by atoms with Crippen LogP contribution in [0.25, 0.3) is 0 Å². The number of benzene rings is 2. The number of rotatable bonds is 6. The van der Waals surface area contributed by atoms with Crippen LogP contribution in [0, 0.1) is 0 Å². The third kappa shape index (κ3) is 5.55. The maximum Gasteiger partial charge on any atom is 0.238 e. The van der Waals surface area contributed by atoms with Gasteiger partial charge in [-0.15, -0.1) is 0 Å². The van der Waals surface area contributed by atoms with E-state index in [1.807, 2.05) is 6.07 Å². The normalized spacial score (nSPS) is 10.6. The van der Waals surface area contributed by atoms with Gasteiger partial charge in [-0.25, -0.2) is 0 Å². The molecular formula is C16H14Cl4N2O. The second-order valence-electron chi connectivity index (χ2n) is 4.81. The molecule has 0 fully saturated rings. The zero-order chi connectivity index (χ0) is 16.8. The molecule has 0 saturated carbocycles. The summed E-state index contributed by atoms with van der Waals surface area (Å²) in [7, 11) is 0. The topological polar surface area (TPSA) is 41.1 Å². The molecule has 0 aliphatic carbocycles. The molecule has 1 amide bonds. The van der Waals surface area contributed by atoms with Gasteiger partial charge in [0.15, 0.2) is 0 Å². The molecule has 0 saturated heterocycles. The lowest BCUT2D eigenvalue weighted by Gasteiger charge is -2.10. The SMILES string of the molecule is O=C(CNCCc1ccc(Cl)cc1Cl)Nc1c(Cl)cccc1Cl. The number of halogens is 4. The van der Waals surface area contributed by atoms with Crippen molar-refractivity contribution in [2.45, 2.75) is 6.42 Å². The molecule has 2 aromatic carbocycles. The fourth-order valence-corrected chi connectivity index (χ4v) is 2.95. The molecule has 0 aliphatic rings. The predicted molar refractivity (Wildman–Crippen MR) is 98.1 cm³/mol. The highest BCUT2D eigenvalue weighted by atomic mass is 35.5. The summed E-state index contributed by atoms with van der Waals surface area (Å²) < 4.78 is 0. The molecule has 3 nitrogen and oxygen atoms in total. The number of carbonyl (C=O) groups is 1. The average Bonchev–Trinajstić information content (AvgIpc) is 2.49. The Balaban J connectivity index is 1.79. The lowest BCUT2D eigenvalue weighted by molar-refractivity contribution is -0.115. The summed E-state index contributed by atoms with van der Waals surface area (Å²) in [5.74, 6) is -0.220. The molecule has 122 valence electrons. The fourth-order valence-electron chi connectivity index (χ4n) is 1.95. The second-order valence-corrected chi connectivity index (χ2v) is 6.47. The van der Waals surface area contributed by atoms with E-state index in [1.165, 1.54) is 0 Å². The van der Waals surface area contributed by atoms with Gasteiger partial charge in [0.1, 0.15) is 0 Å². The molecule has 0 aromatic heterocycles. The highest BCUT2D eigenvalue weighted by Gasteiger charge is 2.09. The van der Waals surface area contributed by atoms with Crippen molar-refractivity contribution >= 4 is 58.0 Å². The number of nitrogens with one attached hydrogen (secondary N) is 2. The van der Waals surface area contributed by atoms with Gasteiger partial charge in [0.2, 0.25) is 5.91 Å². The molecule has 0 atom stereocenters. The summed E-state index contributed by atoms with van der Waals surface area (Å²) in [6.07, 6.45) is 0.691. The Morgan fingerprint density at radius 3 is 2.30 bits per heavy atom. The summed E-state index contributed by atoms with van der Waals surface area (Å²) >= 11 is 23.9. The molecule has 0 bridgehead atoms. The van der Waals surface area contributed by atoms with Gasteiger partial charge < -0.3 is 10.6 Å². The van der Waals surface area contributed by atoms with Crippen LogP contribution in [0.5, 0.6) is 0 Å². The molecule has 7 heteroatoms. The first-order chi connectivity index (χ1) is 11.0. The Kier molecular flexibility index (Phi) is 7.00. The van der Waals surface area contributed by atoms with Crippen molar-refractivity contribution in [2.24, 2.45) is 0 Å². The Morgan fingerprint density at radius 2 is 1.65 bits per heavy atom. The Morgan fingerprint density at radius 1 is 0.957 bits per heavy atom. The highest BCUT2D eigenvalue weighted by molar-refractivity contribution is 6.39. The lowest BCUT2D eigenvalue weighted by atomic mass is 10.1. The van der Waals surface area contributed by atoms with Crippen LogP contribution in [0.4, 0.5) is 5.69 Å². The van der Waals surface area contributed by atoms with Crippen LogP contribution in [0.2, 0.25) is 20.1 Å². The number of para-hydroxylation sites is 1. The maximum absolute atomic E-state index is 11.9. The van der Waals surface area contributed by atoms with Crippen LogP contribution in [-0.2, 0) is 11.2 Å². The van der Waals surface area contributed by atoms with Crippen LogP contribution in [0.3, 0.4) is 0 Å². The molecule has 0 spiro atoms. The third-order valence-electron chi connectivity index (χ3n) is 3.10. The van der Waals surface area contributed by atoms with E-state index in [2.05, 4.69) is 10.6 Å². The second kappa shape index (κ2) is 8.76. The van der Waals surface area contributed by atoms with Crippen LogP contribution >= 0.6 is 46.4 Å². The van der Waals surface area contributed by atoms with Gasteiger partial charge in [-0.2, -0.15) is 0 Å². The molecule has 23 heavy (non-hydrogen) atoms. The van der Waals surface area contributed by atoms with Gasteiger partial charge >= 0.3 is 0 Å². The van der Waals surface area contributed by atoms with Crippen molar-refractivity contribution in [3.8, 4) is 0 Å². The third-order valence-corrected chi connectivity index (χ3v) is 4.32. The van der Waals surface area contributed by atoms with E-state index in [1.54, 1.807) is 30.3 Å². The zero-order valence-electron chi connectivity index (χ0n) is 12.0. The average molecular weight is 392 g/mol. The van der Waals surface area contributed by atoms with Crippen molar-refractivity contribution in [2.75, 3.05) is 18.4 Å².